The second-order valence-electron chi connectivity index (χ2n) is 6.97. The number of hydrogen-bond acceptors (Lipinski definition) is 5. The van der Waals surface area contributed by atoms with Gasteiger partial charge in [0, 0.05) is 49.0 Å². The molecule has 2 aliphatic rings. The zero-order valence-corrected chi connectivity index (χ0v) is 13.9. The SMILES string of the molecule is C[C@@H]1CN(c2ccc(C#N)c3ncccc23)CC2C[C@H](O)CCN21. The summed E-state index contributed by atoms with van der Waals surface area (Å²) in [5, 5.41) is 20.4. The summed E-state index contributed by atoms with van der Waals surface area (Å²) in [6, 6.07) is 11.0. The lowest BCUT2D eigenvalue weighted by Gasteiger charge is -2.50. The van der Waals surface area contributed by atoms with Gasteiger partial charge in [0.25, 0.3) is 0 Å². The third-order valence-electron chi connectivity index (χ3n) is 5.42. The van der Waals surface area contributed by atoms with Crippen LogP contribution in [0.5, 0.6) is 0 Å². The highest BCUT2D eigenvalue weighted by atomic mass is 16.3. The van der Waals surface area contributed by atoms with Crippen molar-refractivity contribution in [2.45, 2.75) is 38.0 Å². The molecule has 1 aromatic heterocycles. The predicted octanol–water partition coefficient (Wildman–Crippen LogP) is 2.14. The lowest BCUT2D eigenvalue weighted by atomic mass is 9.93. The average molecular weight is 322 g/mol. The minimum absolute atomic E-state index is 0.183. The van der Waals surface area contributed by atoms with Crippen molar-refractivity contribution in [2.24, 2.45) is 0 Å². The molecule has 0 bridgehead atoms. The molecule has 2 aliphatic heterocycles. The van der Waals surface area contributed by atoms with E-state index in [-0.39, 0.29) is 6.10 Å². The Morgan fingerprint density at radius 2 is 2.17 bits per heavy atom. The van der Waals surface area contributed by atoms with Crippen LogP contribution in [0, 0.1) is 11.3 Å². The van der Waals surface area contributed by atoms with Crippen LogP contribution in [0.15, 0.2) is 30.5 Å². The molecule has 0 radical (unpaired) electrons. The maximum absolute atomic E-state index is 10.0. The number of piperazine rings is 1. The quantitative estimate of drug-likeness (QED) is 0.871. The Labute approximate surface area is 142 Å². The van der Waals surface area contributed by atoms with Crippen molar-refractivity contribution in [3.05, 3.63) is 36.0 Å². The summed E-state index contributed by atoms with van der Waals surface area (Å²) < 4.78 is 0. The van der Waals surface area contributed by atoms with Gasteiger partial charge in [-0.3, -0.25) is 9.88 Å². The number of aliphatic hydroxyl groups excluding tert-OH is 1. The molecule has 0 saturated carbocycles. The number of fused-ring (bicyclic) bond motifs is 2. The smallest absolute Gasteiger partial charge is 0.101 e. The van der Waals surface area contributed by atoms with Crippen molar-refractivity contribution in [1.82, 2.24) is 9.88 Å². The highest BCUT2D eigenvalue weighted by Gasteiger charge is 2.36. The summed E-state index contributed by atoms with van der Waals surface area (Å²) in [6.45, 7) is 5.12. The van der Waals surface area contributed by atoms with Crippen LogP contribution in [0.1, 0.15) is 25.3 Å². The van der Waals surface area contributed by atoms with Gasteiger partial charge in [0.1, 0.15) is 6.07 Å². The van der Waals surface area contributed by atoms with Crippen LogP contribution >= 0.6 is 0 Å². The molecule has 2 saturated heterocycles. The van der Waals surface area contributed by atoms with Crippen molar-refractivity contribution < 1.29 is 5.11 Å². The molecule has 124 valence electrons. The highest BCUT2D eigenvalue weighted by molar-refractivity contribution is 5.95. The second kappa shape index (κ2) is 6.04. The van der Waals surface area contributed by atoms with Gasteiger partial charge >= 0.3 is 0 Å². The van der Waals surface area contributed by atoms with E-state index in [4.69, 9.17) is 0 Å². The molecule has 2 fully saturated rings. The van der Waals surface area contributed by atoms with E-state index in [1.165, 1.54) is 0 Å². The number of piperidine rings is 1. The van der Waals surface area contributed by atoms with Gasteiger partial charge < -0.3 is 10.0 Å². The molecule has 3 atom stereocenters. The summed E-state index contributed by atoms with van der Waals surface area (Å²) in [5.74, 6) is 0. The van der Waals surface area contributed by atoms with Crippen molar-refractivity contribution in [3.8, 4) is 6.07 Å². The third-order valence-corrected chi connectivity index (χ3v) is 5.42. The van der Waals surface area contributed by atoms with E-state index in [0.29, 0.717) is 17.6 Å². The Hall–Kier alpha value is -2.16. The number of aromatic nitrogens is 1. The Kier molecular flexibility index (Phi) is 3.87. The monoisotopic (exact) mass is 322 g/mol. The molecule has 0 spiro atoms. The van der Waals surface area contributed by atoms with Crippen molar-refractivity contribution in [1.29, 1.82) is 5.26 Å². The van der Waals surface area contributed by atoms with E-state index in [1.54, 1.807) is 6.20 Å². The van der Waals surface area contributed by atoms with E-state index < -0.39 is 0 Å². The van der Waals surface area contributed by atoms with Gasteiger partial charge in [-0.05, 0) is 44.0 Å². The molecule has 0 aliphatic carbocycles. The summed E-state index contributed by atoms with van der Waals surface area (Å²) >= 11 is 0. The summed E-state index contributed by atoms with van der Waals surface area (Å²) in [4.78, 5) is 9.35. The van der Waals surface area contributed by atoms with Crippen molar-refractivity contribution >= 4 is 16.6 Å². The highest BCUT2D eigenvalue weighted by Crippen LogP contribution is 2.33. The standard InChI is InChI=1S/C19H22N4O/c1-13-11-22(12-15-9-16(24)6-8-23(13)15)18-5-4-14(10-20)19-17(18)3-2-7-21-19/h2-5,7,13,15-16,24H,6,8-9,11-12H2,1H3/t13-,15?,16-/m1/s1. The van der Waals surface area contributed by atoms with Gasteiger partial charge in [-0.15, -0.1) is 0 Å². The fraction of sp³-hybridized carbons (Fsp3) is 0.474. The lowest BCUT2D eigenvalue weighted by Crippen LogP contribution is -2.61. The van der Waals surface area contributed by atoms with E-state index in [0.717, 1.165) is 49.1 Å². The molecule has 5 nitrogen and oxygen atoms in total. The molecule has 1 N–H and O–H groups in total. The van der Waals surface area contributed by atoms with Gasteiger partial charge in [-0.2, -0.15) is 5.26 Å². The number of hydrogen-bond donors (Lipinski definition) is 1. The first-order valence-corrected chi connectivity index (χ1v) is 8.64. The minimum Gasteiger partial charge on any atom is -0.393 e. The summed E-state index contributed by atoms with van der Waals surface area (Å²) in [7, 11) is 0. The molecule has 2 aromatic rings. The molecule has 24 heavy (non-hydrogen) atoms. The van der Waals surface area contributed by atoms with E-state index in [2.05, 4.69) is 27.8 Å². The number of nitrogens with zero attached hydrogens (tertiary/aromatic N) is 4. The van der Waals surface area contributed by atoms with Crippen LogP contribution < -0.4 is 4.90 Å². The number of rotatable bonds is 1. The summed E-state index contributed by atoms with van der Waals surface area (Å²) in [5.41, 5.74) is 2.54. The predicted molar refractivity (Wildman–Crippen MR) is 93.9 cm³/mol. The van der Waals surface area contributed by atoms with E-state index in [1.807, 2.05) is 24.3 Å². The molecule has 1 unspecified atom stereocenters. The Bertz CT molecular complexity index is 800. The minimum atomic E-state index is -0.183. The number of aliphatic hydroxyl groups is 1. The van der Waals surface area contributed by atoms with Gasteiger partial charge in [0.2, 0.25) is 0 Å². The number of pyridine rings is 1. The molecule has 4 rings (SSSR count). The zero-order valence-electron chi connectivity index (χ0n) is 13.9. The fourth-order valence-electron chi connectivity index (χ4n) is 4.28. The van der Waals surface area contributed by atoms with Crippen LogP contribution in [0.3, 0.4) is 0 Å². The molecule has 1 aromatic carbocycles. The Morgan fingerprint density at radius 3 is 3.00 bits per heavy atom. The van der Waals surface area contributed by atoms with Gasteiger partial charge in [0.15, 0.2) is 0 Å². The molecule has 0 amide bonds. The fourth-order valence-corrected chi connectivity index (χ4v) is 4.28. The molecular weight excluding hydrogens is 300 g/mol. The number of nitriles is 1. The van der Waals surface area contributed by atoms with E-state index in [9.17, 15) is 10.4 Å². The number of benzene rings is 1. The maximum atomic E-state index is 10.0. The molecular formula is C19H22N4O. The lowest BCUT2D eigenvalue weighted by molar-refractivity contribution is 0.0131. The third kappa shape index (κ3) is 2.52. The van der Waals surface area contributed by atoms with Crippen molar-refractivity contribution in [2.75, 3.05) is 24.5 Å². The topological polar surface area (TPSA) is 63.4 Å². The van der Waals surface area contributed by atoms with Crippen LogP contribution in [-0.2, 0) is 0 Å². The average Bonchev–Trinajstić information content (AvgIpc) is 2.60. The molecule has 3 heterocycles. The van der Waals surface area contributed by atoms with Crippen LogP contribution in [0.2, 0.25) is 0 Å². The second-order valence-corrected chi connectivity index (χ2v) is 6.97. The zero-order chi connectivity index (χ0) is 16.7. The maximum Gasteiger partial charge on any atom is 0.101 e. The first-order valence-electron chi connectivity index (χ1n) is 8.64. The van der Waals surface area contributed by atoms with Crippen LogP contribution in [-0.4, -0.2) is 52.8 Å². The molecule has 5 heteroatoms. The van der Waals surface area contributed by atoms with Gasteiger partial charge in [-0.1, -0.05) is 0 Å². The summed E-state index contributed by atoms with van der Waals surface area (Å²) in [6.07, 6.45) is 3.28. The first-order chi connectivity index (χ1) is 11.7. The van der Waals surface area contributed by atoms with Gasteiger partial charge in [0.05, 0.1) is 17.2 Å². The Morgan fingerprint density at radius 1 is 1.29 bits per heavy atom. The van der Waals surface area contributed by atoms with Crippen molar-refractivity contribution in [3.63, 3.8) is 0 Å². The van der Waals surface area contributed by atoms with Crippen LogP contribution in [0.25, 0.3) is 10.9 Å². The first kappa shape index (κ1) is 15.4. The largest absolute Gasteiger partial charge is 0.393 e. The number of anilines is 1. The normalized spacial score (nSPS) is 27.7. The Balaban J connectivity index is 1.72. The van der Waals surface area contributed by atoms with Gasteiger partial charge in [-0.25, -0.2) is 0 Å². The van der Waals surface area contributed by atoms with Crippen LogP contribution in [0.4, 0.5) is 5.69 Å². The van der Waals surface area contributed by atoms with E-state index >= 15 is 0 Å².